The van der Waals surface area contributed by atoms with Gasteiger partial charge in [0.05, 0.1) is 12.4 Å². The van der Waals surface area contributed by atoms with Crippen LogP contribution in [0.25, 0.3) is 0 Å². The molecule has 1 N–H and O–H groups in total. The van der Waals surface area contributed by atoms with Crippen molar-refractivity contribution in [1.29, 1.82) is 0 Å². The fraction of sp³-hybridized carbons (Fsp3) is 0.308. The van der Waals surface area contributed by atoms with Crippen molar-refractivity contribution in [2.75, 3.05) is 0 Å². The molecule has 0 spiro atoms. The Balaban J connectivity index is 1.78. The molecule has 2 aromatic heterocycles. The minimum absolute atomic E-state index is 0.361. The quantitative estimate of drug-likeness (QED) is 0.835. The summed E-state index contributed by atoms with van der Waals surface area (Å²) in [5, 5.41) is 9.82. The van der Waals surface area contributed by atoms with Crippen molar-refractivity contribution in [3.63, 3.8) is 0 Å². The Morgan fingerprint density at radius 2 is 2.19 bits per heavy atom. The summed E-state index contributed by atoms with van der Waals surface area (Å²) in [6, 6.07) is 9.52. The summed E-state index contributed by atoms with van der Waals surface area (Å²) in [5.74, 6) is 0.917. The number of aliphatic hydroxyl groups excluding tert-OH is 1. The van der Waals surface area contributed by atoms with Crippen LogP contribution in [0.15, 0.2) is 47.2 Å². The molecule has 84 valence electrons. The third-order valence-electron chi connectivity index (χ3n) is 2.47. The van der Waals surface area contributed by atoms with Gasteiger partial charge in [-0.2, -0.15) is 0 Å². The molecule has 0 aliphatic rings. The minimum atomic E-state index is -0.361. The Morgan fingerprint density at radius 1 is 1.25 bits per heavy atom. The van der Waals surface area contributed by atoms with Gasteiger partial charge >= 0.3 is 0 Å². The average Bonchev–Trinajstić information content (AvgIpc) is 2.81. The molecule has 0 fully saturated rings. The highest BCUT2D eigenvalue weighted by Crippen LogP contribution is 2.08. The Kier molecular flexibility index (Phi) is 3.72. The van der Waals surface area contributed by atoms with Crippen LogP contribution in [0, 0.1) is 0 Å². The highest BCUT2D eigenvalue weighted by Gasteiger charge is 2.07. The summed E-state index contributed by atoms with van der Waals surface area (Å²) in [6.07, 6.45) is 5.10. The van der Waals surface area contributed by atoms with E-state index in [2.05, 4.69) is 4.98 Å². The Hall–Kier alpha value is -1.61. The number of pyridine rings is 1. The molecule has 1 unspecified atom stereocenters. The van der Waals surface area contributed by atoms with Crippen LogP contribution in [0.4, 0.5) is 0 Å². The number of hydrogen-bond acceptors (Lipinski definition) is 3. The maximum Gasteiger partial charge on any atom is 0.103 e. The van der Waals surface area contributed by atoms with Gasteiger partial charge in [0.15, 0.2) is 0 Å². The molecule has 3 nitrogen and oxygen atoms in total. The first-order chi connectivity index (χ1) is 7.84. The second-order valence-corrected chi connectivity index (χ2v) is 3.80. The molecule has 0 radical (unpaired) electrons. The van der Waals surface area contributed by atoms with Gasteiger partial charge in [0.25, 0.3) is 0 Å². The van der Waals surface area contributed by atoms with Crippen LogP contribution in [-0.4, -0.2) is 16.2 Å². The molecule has 0 amide bonds. The Labute approximate surface area is 94.8 Å². The first-order valence-corrected chi connectivity index (χ1v) is 5.45. The minimum Gasteiger partial charge on any atom is -0.469 e. The van der Waals surface area contributed by atoms with Gasteiger partial charge in [0.1, 0.15) is 5.76 Å². The van der Waals surface area contributed by atoms with E-state index in [4.69, 9.17) is 4.42 Å². The lowest BCUT2D eigenvalue weighted by Crippen LogP contribution is -2.12. The summed E-state index contributed by atoms with van der Waals surface area (Å²) in [5.41, 5.74) is 0.925. The monoisotopic (exact) mass is 217 g/mol. The van der Waals surface area contributed by atoms with Crippen molar-refractivity contribution in [2.45, 2.75) is 25.4 Å². The molecule has 3 heteroatoms. The molecule has 0 saturated heterocycles. The SMILES string of the molecule is OC(CCc1ccco1)Cc1ccccn1. The lowest BCUT2D eigenvalue weighted by molar-refractivity contribution is 0.162. The predicted molar refractivity (Wildman–Crippen MR) is 61.0 cm³/mol. The molecule has 0 saturated carbocycles. The molecule has 0 aliphatic heterocycles. The standard InChI is InChI=1S/C13H15NO2/c15-12(6-7-13-5-3-9-16-13)10-11-4-1-2-8-14-11/h1-5,8-9,12,15H,6-7,10H2. The molecule has 0 bridgehead atoms. The van der Waals surface area contributed by atoms with Crippen molar-refractivity contribution in [3.8, 4) is 0 Å². The molecule has 0 aromatic carbocycles. The Morgan fingerprint density at radius 3 is 2.88 bits per heavy atom. The van der Waals surface area contributed by atoms with Crippen molar-refractivity contribution in [2.24, 2.45) is 0 Å². The van der Waals surface area contributed by atoms with Gasteiger partial charge in [-0.05, 0) is 30.7 Å². The second kappa shape index (κ2) is 5.47. The molecule has 2 rings (SSSR count). The van der Waals surface area contributed by atoms with Crippen LogP contribution in [0.5, 0.6) is 0 Å². The highest BCUT2D eigenvalue weighted by molar-refractivity contribution is 5.05. The highest BCUT2D eigenvalue weighted by atomic mass is 16.3. The van der Waals surface area contributed by atoms with Gasteiger partial charge in [-0.1, -0.05) is 6.07 Å². The number of aryl methyl sites for hydroxylation is 1. The van der Waals surface area contributed by atoms with E-state index >= 15 is 0 Å². The topological polar surface area (TPSA) is 46.3 Å². The van der Waals surface area contributed by atoms with E-state index in [-0.39, 0.29) is 6.10 Å². The van der Waals surface area contributed by atoms with Crippen LogP contribution in [0.3, 0.4) is 0 Å². The number of nitrogens with zero attached hydrogens (tertiary/aromatic N) is 1. The fourth-order valence-electron chi connectivity index (χ4n) is 1.63. The van der Waals surface area contributed by atoms with E-state index in [0.717, 1.165) is 17.9 Å². The number of furan rings is 1. The summed E-state index contributed by atoms with van der Waals surface area (Å²) in [6.45, 7) is 0. The van der Waals surface area contributed by atoms with Crippen LogP contribution in [-0.2, 0) is 12.8 Å². The summed E-state index contributed by atoms with van der Waals surface area (Å²) in [7, 11) is 0. The van der Waals surface area contributed by atoms with Crippen molar-refractivity contribution >= 4 is 0 Å². The van der Waals surface area contributed by atoms with Crippen molar-refractivity contribution in [3.05, 3.63) is 54.2 Å². The molecular formula is C13H15NO2. The number of aliphatic hydroxyl groups is 1. The lowest BCUT2D eigenvalue weighted by atomic mass is 10.1. The van der Waals surface area contributed by atoms with E-state index in [1.165, 1.54) is 0 Å². The molecule has 2 aromatic rings. The maximum absolute atomic E-state index is 9.82. The van der Waals surface area contributed by atoms with Gasteiger partial charge in [0.2, 0.25) is 0 Å². The van der Waals surface area contributed by atoms with Crippen LogP contribution in [0.2, 0.25) is 0 Å². The van der Waals surface area contributed by atoms with E-state index < -0.39 is 0 Å². The number of rotatable bonds is 5. The summed E-state index contributed by atoms with van der Waals surface area (Å²) < 4.78 is 5.21. The third-order valence-corrected chi connectivity index (χ3v) is 2.47. The molecule has 16 heavy (non-hydrogen) atoms. The van der Waals surface area contributed by atoms with Crippen LogP contribution in [0.1, 0.15) is 17.9 Å². The molecule has 2 heterocycles. The van der Waals surface area contributed by atoms with E-state index in [1.54, 1.807) is 12.5 Å². The maximum atomic E-state index is 9.82. The average molecular weight is 217 g/mol. The zero-order valence-corrected chi connectivity index (χ0v) is 9.04. The predicted octanol–water partition coefficient (Wildman–Crippen LogP) is 2.21. The summed E-state index contributed by atoms with van der Waals surface area (Å²) in [4.78, 5) is 4.18. The van der Waals surface area contributed by atoms with Gasteiger partial charge in [-0.3, -0.25) is 4.98 Å². The van der Waals surface area contributed by atoms with Crippen molar-refractivity contribution < 1.29 is 9.52 Å². The third kappa shape index (κ3) is 3.21. The second-order valence-electron chi connectivity index (χ2n) is 3.80. The van der Waals surface area contributed by atoms with Gasteiger partial charge in [0, 0.05) is 24.7 Å². The van der Waals surface area contributed by atoms with E-state index in [0.29, 0.717) is 12.8 Å². The van der Waals surface area contributed by atoms with Crippen molar-refractivity contribution in [1.82, 2.24) is 4.98 Å². The van der Waals surface area contributed by atoms with Crippen LogP contribution < -0.4 is 0 Å². The molecule has 1 atom stereocenters. The number of hydrogen-bond donors (Lipinski definition) is 1. The zero-order chi connectivity index (χ0) is 11.2. The first kappa shape index (κ1) is 10.9. The van der Waals surface area contributed by atoms with Gasteiger partial charge < -0.3 is 9.52 Å². The van der Waals surface area contributed by atoms with E-state index in [9.17, 15) is 5.11 Å². The number of aromatic nitrogens is 1. The smallest absolute Gasteiger partial charge is 0.103 e. The summed E-state index contributed by atoms with van der Waals surface area (Å²) >= 11 is 0. The first-order valence-electron chi connectivity index (χ1n) is 5.45. The lowest BCUT2D eigenvalue weighted by Gasteiger charge is -2.08. The fourth-order valence-corrected chi connectivity index (χ4v) is 1.63. The van der Waals surface area contributed by atoms with Gasteiger partial charge in [-0.15, -0.1) is 0 Å². The Bertz CT molecular complexity index is 397. The molecular weight excluding hydrogens is 202 g/mol. The van der Waals surface area contributed by atoms with Gasteiger partial charge in [-0.25, -0.2) is 0 Å². The van der Waals surface area contributed by atoms with Crippen LogP contribution >= 0.6 is 0 Å². The molecule has 0 aliphatic carbocycles. The van der Waals surface area contributed by atoms with E-state index in [1.807, 2.05) is 30.3 Å². The normalized spacial score (nSPS) is 12.6. The zero-order valence-electron chi connectivity index (χ0n) is 9.04. The largest absolute Gasteiger partial charge is 0.469 e.